The van der Waals surface area contributed by atoms with Gasteiger partial charge in [0.25, 0.3) is 10.0 Å². The fraction of sp³-hybridized carbons (Fsp3) is 0.0909. The summed E-state index contributed by atoms with van der Waals surface area (Å²) in [6.45, 7) is 3.75. The summed E-state index contributed by atoms with van der Waals surface area (Å²) in [5.74, 6) is -0.265. The van der Waals surface area contributed by atoms with Crippen molar-refractivity contribution in [2.75, 3.05) is 0 Å². The number of sulfonamides is 1. The molecule has 0 spiro atoms. The van der Waals surface area contributed by atoms with Crippen molar-refractivity contribution < 1.29 is 17.9 Å². The second-order valence-electron chi connectivity index (χ2n) is 6.61. The van der Waals surface area contributed by atoms with Gasteiger partial charge in [0.05, 0.1) is 16.7 Å². The Bertz CT molecular complexity index is 1210. The Morgan fingerprint density at radius 2 is 1.73 bits per heavy atom. The number of rotatable bonds is 6. The number of ether oxygens (including phenoxy) is 1. The van der Waals surface area contributed by atoms with Gasteiger partial charge in [-0.25, -0.2) is 9.63 Å². The third-order valence-corrected chi connectivity index (χ3v) is 5.87. The van der Waals surface area contributed by atoms with Gasteiger partial charge in [-0.3, -0.25) is 0 Å². The van der Waals surface area contributed by atoms with Gasteiger partial charge in [0.15, 0.2) is 0 Å². The highest BCUT2D eigenvalue weighted by Gasteiger charge is 2.14. The number of carbonyl (C=O) groups is 1. The average Bonchev–Trinajstić information content (AvgIpc) is 2.70. The molecule has 0 aliphatic heterocycles. The maximum Gasteiger partial charge on any atom is 0.343 e. The van der Waals surface area contributed by atoms with E-state index < -0.39 is 16.0 Å². The van der Waals surface area contributed by atoms with Gasteiger partial charge >= 0.3 is 5.97 Å². The molecule has 0 aromatic heterocycles. The van der Waals surface area contributed by atoms with Crippen molar-refractivity contribution in [3.05, 3.63) is 93.5 Å². The van der Waals surface area contributed by atoms with Crippen LogP contribution in [0.4, 0.5) is 0 Å². The van der Waals surface area contributed by atoms with Crippen LogP contribution in [0, 0.1) is 13.8 Å². The standard InChI is InChI=1S/C22H19BrN2O4S/c1-15-6-9-20(10-7-15)30(27,28)25-24-14-18-13-19(23)8-11-21(18)29-22(26)17-5-3-4-16(2)12-17/h3-14,25H,1-2H3/b24-14+. The highest BCUT2D eigenvalue weighted by molar-refractivity contribution is 9.10. The summed E-state index contributed by atoms with van der Waals surface area (Å²) in [7, 11) is -3.81. The number of benzene rings is 3. The Kier molecular flexibility index (Phi) is 6.69. The molecule has 3 aromatic carbocycles. The first kappa shape index (κ1) is 21.7. The van der Waals surface area contributed by atoms with E-state index in [1.807, 2.05) is 19.9 Å². The molecule has 8 heteroatoms. The number of carbonyl (C=O) groups excluding carboxylic acids is 1. The number of nitrogens with one attached hydrogen (secondary N) is 1. The zero-order valence-corrected chi connectivity index (χ0v) is 18.7. The SMILES string of the molecule is Cc1ccc(S(=O)(=O)N/N=C/c2cc(Br)ccc2OC(=O)c2cccc(C)c2)cc1. The van der Waals surface area contributed by atoms with Crippen molar-refractivity contribution in [1.82, 2.24) is 4.83 Å². The van der Waals surface area contributed by atoms with Crippen molar-refractivity contribution in [3.8, 4) is 5.75 Å². The summed E-state index contributed by atoms with van der Waals surface area (Å²) in [5, 5.41) is 3.83. The molecule has 0 atom stereocenters. The van der Waals surface area contributed by atoms with Crippen LogP contribution in [0.1, 0.15) is 27.0 Å². The zero-order chi connectivity index (χ0) is 21.7. The van der Waals surface area contributed by atoms with Crippen LogP contribution in [0.3, 0.4) is 0 Å². The van der Waals surface area contributed by atoms with Gasteiger partial charge in [0, 0.05) is 10.0 Å². The molecule has 0 fully saturated rings. The van der Waals surface area contributed by atoms with Gasteiger partial charge in [-0.1, -0.05) is 51.3 Å². The fourth-order valence-corrected chi connectivity index (χ4v) is 3.75. The smallest absolute Gasteiger partial charge is 0.343 e. The lowest BCUT2D eigenvalue weighted by atomic mass is 10.1. The number of aryl methyl sites for hydroxylation is 2. The average molecular weight is 487 g/mol. The molecule has 0 saturated heterocycles. The predicted octanol–water partition coefficient (Wildman–Crippen LogP) is 4.60. The minimum Gasteiger partial charge on any atom is -0.422 e. The molecule has 0 heterocycles. The van der Waals surface area contributed by atoms with E-state index in [1.165, 1.54) is 18.3 Å². The minimum atomic E-state index is -3.81. The molecule has 0 saturated carbocycles. The zero-order valence-electron chi connectivity index (χ0n) is 16.3. The summed E-state index contributed by atoms with van der Waals surface area (Å²) in [4.78, 5) is 14.7. The largest absolute Gasteiger partial charge is 0.422 e. The van der Waals surface area contributed by atoms with Crippen LogP contribution in [0.2, 0.25) is 0 Å². The van der Waals surface area contributed by atoms with E-state index >= 15 is 0 Å². The maximum absolute atomic E-state index is 12.5. The van der Waals surface area contributed by atoms with Gasteiger partial charge in [-0.05, 0) is 56.3 Å². The molecule has 0 aliphatic rings. The van der Waals surface area contributed by atoms with Crippen LogP contribution in [0.15, 0.2) is 81.2 Å². The summed E-state index contributed by atoms with van der Waals surface area (Å²) in [6.07, 6.45) is 1.29. The van der Waals surface area contributed by atoms with Crippen LogP contribution >= 0.6 is 15.9 Å². The topological polar surface area (TPSA) is 84.8 Å². The third kappa shape index (κ3) is 5.55. The Hall–Kier alpha value is -2.97. The summed E-state index contributed by atoms with van der Waals surface area (Å²) in [5.41, 5.74) is 2.73. The Balaban J connectivity index is 1.79. The van der Waals surface area contributed by atoms with E-state index in [0.29, 0.717) is 11.1 Å². The molecule has 0 amide bonds. The van der Waals surface area contributed by atoms with Crippen LogP contribution in [0.25, 0.3) is 0 Å². The second kappa shape index (κ2) is 9.23. The lowest BCUT2D eigenvalue weighted by Gasteiger charge is -2.09. The first-order valence-electron chi connectivity index (χ1n) is 8.94. The quantitative estimate of drug-likeness (QED) is 0.239. The predicted molar refractivity (Wildman–Crippen MR) is 119 cm³/mol. The highest BCUT2D eigenvalue weighted by atomic mass is 79.9. The van der Waals surface area contributed by atoms with Gasteiger partial charge in [0.1, 0.15) is 5.75 Å². The molecule has 0 aliphatic carbocycles. The second-order valence-corrected chi connectivity index (χ2v) is 9.18. The third-order valence-electron chi connectivity index (χ3n) is 4.14. The number of nitrogens with zero attached hydrogens (tertiary/aromatic N) is 1. The highest BCUT2D eigenvalue weighted by Crippen LogP contribution is 2.23. The minimum absolute atomic E-state index is 0.102. The number of hydrazone groups is 1. The van der Waals surface area contributed by atoms with Crippen molar-refractivity contribution in [1.29, 1.82) is 0 Å². The molecule has 6 nitrogen and oxygen atoms in total. The molecule has 0 unspecified atom stereocenters. The van der Waals surface area contributed by atoms with Crippen LogP contribution in [-0.2, 0) is 10.0 Å². The normalized spacial score (nSPS) is 11.4. The first-order chi connectivity index (χ1) is 14.2. The molecule has 30 heavy (non-hydrogen) atoms. The summed E-state index contributed by atoms with van der Waals surface area (Å²) >= 11 is 3.35. The fourth-order valence-electron chi connectivity index (χ4n) is 2.58. The Morgan fingerprint density at radius 1 is 1.00 bits per heavy atom. The number of halogens is 1. The van der Waals surface area contributed by atoms with Crippen molar-refractivity contribution in [2.24, 2.45) is 5.10 Å². The summed E-state index contributed by atoms with van der Waals surface area (Å²) < 4.78 is 30.9. The van der Waals surface area contributed by atoms with E-state index in [0.717, 1.165) is 15.6 Å². The molecular weight excluding hydrogens is 468 g/mol. The van der Waals surface area contributed by atoms with Crippen molar-refractivity contribution >= 4 is 38.1 Å². The van der Waals surface area contributed by atoms with E-state index in [2.05, 4.69) is 25.9 Å². The summed E-state index contributed by atoms with van der Waals surface area (Å²) in [6, 6.07) is 18.4. The van der Waals surface area contributed by atoms with E-state index in [9.17, 15) is 13.2 Å². The monoisotopic (exact) mass is 486 g/mol. The van der Waals surface area contributed by atoms with E-state index in [4.69, 9.17) is 4.74 Å². The maximum atomic E-state index is 12.5. The number of hydrogen-bond donors (Lipinski definition) is 1. The number of esters is 1. The molecular formula is C22H19BrN2O4S. The van der Waals surface area contributed by atoms with Gasteiger partial charge in [-0.15, -0.1) is 0 Å². The molecule has 3 aromatic rings. The van der Waals surface area contributed by atoms with E-state index in [-0.39, 0.29) is 10.6 Å². The van der Waals surface area contributed by atoms with Crippen LogP contribution in [0.5, 0.6) is 5.75 Å². The van der Waals surface area contributed by atoms with Crippen LogP contribution < -0.4 is 9.57 Å². The van der Waals surface area contributed by atoms with Crippen LogP contribution in [-0.4, -0.2) is 20.6 Å². The molecule has 0 radical (unpaired) electrons. The van der Waals surface area contributed by atoms with Gasteiger partial charge < -0.3 is 4.74 Å². The van der Waals surface area contributed by atoms with Gasteiger partial charge in [0.2, 0.25) is 0 Å². The molecule has 1 N–H and O–H groups in total. The van der Waals surface area contributed by atoms with Gasteiger partial charge in [-0.2, -0.15) is 13.5 Å². The first-order valence-corrected chi connectivity index (χ1v) is 11.2. The lowest BCUT2D eigenvalue weighted by Crippen LogP contribution is -2.18. The molecule has 154 valence electrons. The van der Waals surface area contributed by atoms with E-state index in [1.54, 1.807) is 48.5 Å². The number of hydrogen-bond acceptors (Lipinski definition) is 5. The lowest BCUT2D eigenvalue weighted by molar-refractivity contribution is 0.0734. The molecule has 3 rings (SSSR count). The molecule has 0 bridgehead atoms. The Labute approximate surface area is 183 Å². The van der Waals surface area contributed by atoms with Crippen molar-refractivity contribution in [2.45, 2.75) is 18.7 Å². The van der Waals surface area contributed by atoms with Crippen molar-refractivity contribution in [3.63, 3.8) is 0 Å². The Morgan fingerprint density at radius 3 is 2.43 bits per heavy atom.